The Labute approximate surface area is 71.8 Å². The number of hydrogen-bond donors (Lipinski definition) is 1. The maximum Gasteiger partial charge on any atom is 0.215 e. The predicted molar refractivity (Wildman–Crippen MR) is 47.6 cm³/mol. The summed E-state index contributed by atoms with van der Waals surface area (Å²) in [7, 11) is 0. The van der Waals surface area contributed by atoms with Crippen molar-refractivity contribution in [1.29, 1.82) is 0 Å². The first-order valence-electron chi connectivity index (χ1n) is 4.26. The zero-order valence-corrected chi connectivity index (χ0v) is 7.13. The van der Waals surface area contributed by atoms with Gasteiger partial charge in [0, 0.05) is 12.6 Å². The molecular formula is C9H12N2O. The van der Waals surface area contributed by atoms with E-state index in [9.17, 15) is 0 Å². The van der Waals surface area contributed by atoms with Gasteiger partial charge in [-0.3, -0.25) is 0 Å². The van der Waals surface area contributed by atoms with Crippen LogP contribution in [0.4, 0.5) is 5.82 Å². The Morgan fingerprint density at radius 2 is 2.50 bits per heavy atom. The van der Waals surface area contributed by atoms with Crippen LogP contribution in [0.3, 0.4) is 0 Å². The van der Waals surface area contributed by atoms with Gasteiger partial charge in [0.2, 0.25) is 5.88 Å². The summed E-state index contributed by atoms with van der Waals surface area (Å²) in [6.07, 6.45) is 1.08. The van der Waals surface area contributed by atoms with E-state index in [4.69, 9.17) is 4.74 Å². The van der Waals surface area contributed by atoms with Gasteiger partial charge in [0.15, 0.2) is 0 Å². The fourth-order valence-corrected chi connectivity index (χ4v) is 1.37. The van der Waals surface area contributed by atoms with Crippen LogP contribution in [0.2, 0.25) is 0 Å². The molecule has 0 atom stereocenters. The lowest BCUT2D eigenvalue weighted by Crippen LogP contribution is -1.97. The van der Waals surface area contributed by atoms with Gasteiger partial charge in [0.25, 0.3) is 0 Å². The normalized spacial score (nSPS) is 13.8. The third-order valence-corrected chi connectivity index (χ3v) is 1.93. The second-order valence-corrected chi connectivity index (χ2v) is 2.77. The van der Waals surface area contributed by atoms with Gasteiger partial charge in [-0.2, -0.15) is 4.98 Å². The van der Waals surface area contributed by atoms with Gasteiger partial charge >= 0.3 is 0 Å². The quantitative estimate of drug-likeness (QED) is 0.718. The van der Waals surface area contributed by atoms with Gasteiger partial charge in [-0.05, 0) is 25.0 Å². The van der Waals surface area contributed by atoms with E-state index in [0.29, 0.717) is 12.5 Å². The third kappa shape index (κ3) is 1.22. The molecular weight excluding hydrogens is 152 g/mol. The van der Waals surface area contributed by atoms with Crippen molar-refractivity contribution < 1.29 is 4.74 Å². The molecule has 0 amide bonds. The lowest BCUT2D eigenvalue weighted by molar-refractivity contribution is 0.327. The van der Waals surface area contributed by atoms with Crippen molar-refractivity contribution in [3.05, 3.63) is 17.7 Å². The molecule has 0 unspecified atom stereocenters. The zero-order valence-electron chi connectivity index (χ0n) is 7.13. The van der Waals surface area contributed by atoms with Crippen molar-refractivity contribution in [2.24, 2.45) is 0 Å². The smallest absolute Gasteiger partial charge is 0.215 e. The second-order valence-electron chi connectivity index (χ2n) is 2.77. The Hall–Kier alpha value is -1.25. The van der Waals surface area contributed by atoms with Gasteiger partial charge < -0.3 is 10.1 Å². The highest BCUT2D eigenvalue weighted by molar-refractivity contribution is 5.50. The fraction of sp³-hybridized carbons (Fsp3) is 0.444. The molecule has 1 aliphatic heterocycles. The summed E-state index contributed by atoms with van der Waals surface area (Å²) in [6, 6.07) is 4.00. The molecule has 0 radical (unpaired) electrons. The highest BCUT2D eigenvalue weighted by Gasteiger charge is 2.11. The highest BCUT2D eigenvalue weighted by Crippen LogP contribution is 2.22. The molecule has 1 aliphatic rings. The monoisotopic (exact) mass is 164 g/mol. The van der Waals surface area contributed by atoms with Crippen molar-refractivity contribution in [3.63, 3.8) is 0 Å². The Bertz CT molecular complexity index is 286. The molecule has 12 heavy (non-hydrogen) atoms. The second kappa shape index (κ2) is 3.01. The van der Waals surface area contributed by atoms with Crippen molar-refractivity contribution in [1.82, 2.24) is 4.98 Å². The minimum absolute atomic E-state index is 0.672. The lowest BCUT2D eigenvalue weighted by Gasteiger charge is -2.03. The van der Waals surface area contributed by atoms with Crippen LogP contribution in [-0.2, 0) is 6.42 Å². The van der Waals surface area contributed by atoms with Crippen molar-refractivity contribution in [2.75, 3.05) is 18.5 Å². The van der Waals surface area contributed by atoms with Crippen LogP contribution in [0.5, 0.6) is 5.88 Å². The summed E-state index contributed by atoms with van der Waals surface area (Å²) in [5.74, 6) is 1.70. The largest absolute Gasteiger partial charge is 0.478 e. The number of anilines is 1. The predicted octanol–water partition coefficient (Wildman–Crippen LogP) is 1.45. The summed E-state index contributed by atoms with van der Waals surface area (Å²) in [5, 5.41) is 3.21. The van der Waals surface area contributed by atoms with Gasteiger partial charge in [-0.15, -0.1) is 0 Å². The minimum Gasteiger partial charge on any atom is -0.478 e. The van der Waals surface area contributed by atoms with E-state index in [1.165, 1.54) is 5.56 Å². The first-order valence-corrected chi connectivity index (χ1v) is 4.26. The van der Waals surface area contributed by atoms with E-state index in [1.54, 1.807) is 0 Å². The molecule has 0 aromatic carbocycles. The van der Waals surface area contributed by atoms with E-state index in [-0.39, 0.29) is 0 Å². The Morgan fingerprint density at radius 3 is 3.33 bits per heavy atom. The van der Waals surface area contributed by atoms with E-state index in [0.717, 1.165) is 18.8 Å². The number of aromatic nitrogens is 1. The number of ether oxygens (including phenoxy) is 1. The van der Waals surface area contributed by atoms with Crippen molar-refractivity contribution in [2.45, 2.75) is 13.3 Å². The molecule has 1 aromatic rings. The Morgan fingerprint density at radius 1 is 1.58 bits per heavy atom. The number of fused-ring (bicyclic) bond motifs is 1. The molecule has 3 heteroatoms. The minimum atomic E-state index is 0.672. The first kappa shape index (κ1) is 7.40. The molecule has 0 aliphatic carbocycles. The molecule has 0 saturated heterocycles. The average Bonchev–Trinajstić information content (AvgIpc) is 2.51. The summed E-state index contributed by atoms with van der Waals surface area (Å²) in [4.78, 5) is 4.31. The summed E-state index contributed by atoms with van der Waals surface area (Å²) < 4.78 is 5.28. The Balaban J connectivity index is 2.26. The molecule has 2 heterocycles. The maximum atomic E-state index is 5.28. The topological polar surface area (TPSA) is 34.1 Å². The Kier molecular flexibility index (Phi) is 1.86. The molecule has 0 fully saturated rings. The number of hydrogen-bond acceptors (Lipinski definition) is 3. The van der Waals surface area contributed by atoms with Crippen LogP contribution in [0.15, 0.2) is 12.1 Å². The van der Waals surface area contributed by atoms with E-state index >= 15 is 0 Å². The standard InChI is InChI=1S/C9H12N2O/c1-2-12-8-4-3-7-5-6-10-9(7)11-8/h3-4H,2,5-6H2,1H3,(H,10,11). The molecule has 3 nitrogen and oxygen atoms in total. The van der Waals surface area contributed by atoms with Gasteiger partial charge in [0.1, 0.15) is 5.82 Å². The lowest BCUT2D eigenvalue weighted by atomic mass is 10.2. The maximum absolute atomic E-state index is 5.28. The number of nitrogens with one attached hydrogen (secondary N) is 1. The molecule has 1 N–H and O–H groups in total. The number of pyridine rings is 1. The van der Waals surface area contributed by atoms with Crippen LogP contribution >= 0.6 is 0 Å². The fourth-order valence-electron chi connectivity index (χ4n) is 1.37. The van der Waals surface area contributed by atoms with Gasteiger partial charge in [0.05, 0.1) is 6.61 Å². The third-order valence-electron chi connectivity index (χ3n) is 1.93. The summed E-state index contributed by atoms with van der Waals surface area (Å²) >= 11 is 0. The molecule has 1 aromatic heterocycles. The SMILES string of the molecule is CCOc1ccc2c(n1)NCC2. The van der Waals surface area contributed by atoms with Crippen LogP contribution in [0, 0.1) is 0 Å². The van der Waals surface area contributed by atoms with Gasteiger partial charge in [-0.1, -0.05) is 0 Å². The zero-order chi connectivity index (χ0) is 8.39. The van der Waals surface area contributed by atoms with Crippen LogP contribution in [0.25, 0.3) is 0 Å². The average molecular weight is 164 g/mol. The molecule has 0 bridgehead atoms. The van der Waals surface area contributed by atoms with Crippen molar-refractivity contribution >= 4 is 5.82 Å². The van der Waals surface area contributed by atoms with Crippen molar-refractivity contribution in [3.8, 4) is 5.88 Å². The number of nitrogens with zero attached hydrogens (tertiary/aromatic N) is 1. The molecule has 0 spiro atoms. The van der Waals surface area contributed by atoms with E-state index in [1.807, 2.05) is 13.0 Å². The van der Waals surface area contributed by atoms with E-state index < -0.39 is 0 Å². The first-order chi connectivity index (χ1) is 5.90. The molecule has 2 rings (SSSR count). The van der Waals surface area contributed by atoms with Crippen LogP contribution < -0.4 is 10.1 Å². The van der Waals surface area contributed by atoms with Crippen LogP contribution in [-0.4, -0.2) is 18.1 Å². The molecule has 64 valence electrons. The van der Waals surface area contributed by atoms with Crippen LogP contribution in [0.1, 0.15) is 12.5 Å². The highest BCUT2D eigenvalue weighted by atomic mass is 16.5. The molecule has 0 saturated carbocycles. The van der Waals surface area contributed by atoms with Gasteiger partial charge in [-0.25, -0.2) is 0 Å². The number of rotatable bonds is 2. The summed E-state index contributed by atoms with van der Waals surface area (Å²) in [5.41, 5.74) is 1.29. The summed E-state index contributed by atoms with van der Waals surface area (Å²) in [6.45, 7) is 3.63. The van der Waals surface area contributed by atoms with E-state index in [2.05, 4.69) is 16.4 Å².